The number of hydrogen-bond donors (Lipinski definition) is 1. The number of rotatable bonds is 2. The topological polar surface area (TPSA) is 62.7 Å². The fourth-order valence-corrected chi connectivity index (χ4v) is 3.27. The molecule has 0 aromatic carbocycles. The average molecular weight is 439 g/mol. The van der Waals surface area contributed by atoms with E-state index in [1.807, 2.05) is 0 Å². The first-order valence-corrected chi connectivity index (χ1v) is 9.03. The monoisotopic (exact) mass is 438 g/mol. The SMILES string of the molecule is CC(C)(C)OC(=O)N1CCC(C(O)(c2ccc(Br)nc2)C(F)(F)F)CC1. The molecular formula is C17H22BrF3N2O3. The number of pyridine rings is 1. The lowest BCUT2D eigenvalue weighted by atomic mass is 9.76. The third-order valence-electron chi connectivity index (χ3n) is 4.34. The molecule has 0 radical (unpaired) electrons. The Morgan fingerprint density at radius 3 is 2.27 bits per heavy atom. The van der Waals surface area contributed by atoms with E-state index in [1.54, 1.807) is 20.8 Å². The maximum atomic E-state index is 13.8. The minimum Gasteiger partial charge on any atom is -0.444 e. The van der Waals surface area contributed by atoms with Crippen LogP contribution >= 0.6 is 15.9 Å². The molecule has 1 aromatic rings. The number of carbonyl (C=O) groups excluding carboxylic acids is 1. The van der Waals surface area contributed by atoms with E-state index < -0.39 is 29.4 Å². The summed E-state index contributed by atoms with van der Waals surface area (Å²) in [5.74, 6) is -1.08. The van der Waals surface area contributed by atoms with Crippen LogP contribution in [-0.2, 0) is 10.3 Å². The van der Waals surface area contributed by atoms with E-state index in [0.29, 0.717) is 4.60 Å². The highest BCUT2D eigenvalue weighted by atomic mass is 79.9. The lowest BCUT2D eigenvalue weighted by Gasteiger charge is -2.42. The van der Waals surface area contributed by atoms with Crippen molar-refractivity contribution >= 4 is 22.0 Å². The van der Waals surface area contributed by atoms with Crippen LogP contribution in [0.2, 0.25) is 0 Å². The van der Waals surface area contributed by atoms with Gasteiger partial charge in [0, 0.05) is 30.8 Å². The molecule has 2 heterocycles. The van der Waals surface area contributed by atoms with Gasteiger partial charge < -0.3 is 14.7 Å². The van der Waals surface area contributed by atoms with Crippen molar-refractivity contribution in [3.8, 4) is 0 Å². The van der Waals surface area contributed by atoms with Crippen molar-refractivity contribution < 1.29 is 27.8 Å². The molecule has 1 aliphatic rings. The number of piperidine rings is 1. The van der Waals surface area contributed by atoms with Gasteiger partial charge in [0.05, 0.1) is 0 Å². The van der Waals surface area contributed by atoms with E-state index >= 15 is 0 Å². The number of likely N-dealkylation sites (tertiary alicyclic amines) is 1. The van der Waals surface area contributed by atoms with Gasteiger partial charge in [0.1, 0.15) is 10.2 Å². The van der Waals surface area contributed by atoms with Crippen LogP contribution in [0.3, 0.4) is 0 Å². The summed E-state index contributed by atoms with van der Waals surface area (Å²) in [7, 11) is 0. The zero-order valence-electron chi connectivity index (χ0n) is 14.8. The molecule has 1 aliphatic heterocycles. The first kappa shape index (κ1) is 21.0. The van der Waals surface area contributed by atoms with Crippen molar-refractivity contribution in [3.05, 3.63) is 28.5 Å². The molecule has 0 spiro atoms. The number of aromatic nitrogens is 1. The van der Waals surface area contributed by atoms with Crippen molar-refractivity contribution in [3.63, 3.8) is 0 Å². The number of carbonyl (C=O) groups is 1. The number of alkyl halides is 3. The number of aliphatic hydroxyl groups is 1. The third-order valence-corrected chi connectivity index (χ3v) is 4.81. The second-order valence-electron chi connectivity index (χ2n) is 7.38. The zero-order valence-corrected chi connectivity index (χ0v) is 16.4. The molecule has 5 nitrogen and oxygen atoms in total. The van der Waals surface area contributed by atoms with Crippen LogP contribution < -0.4 is 0 Å². The van der Waals surface area contributed by atoms with Gasteiger partial charge in [0.15, 0.2) is 5.60 Å². The quantitative estimate of drug-likeness (QED) is 0.701. The summed E-state index contributed by atoms with van der Waals surface area (Å²) in [4.78, 5) is 17.3. The lowest BCUT2D eigenvalue weighted by molar-refractivity contribution is -0.290. The zero-order chi connectivity index (χ0) is 19.8. The van der Waals surface area contributed by atoms with E-state index in [-0.39, 0.29) is 31.5 Å². The number of nitrogens with zero attached hydrogens (tertiary/aromatic N) is 2. The molecule has 2 rings (SSSR count). The minimum absolute atomic E-state index is 0.00527. The highest BCUT2D eigenvalue weighted by Crippen LogP contribution is 2.48. The van der Waals surface area contributed by atoms with Crippen LogP contribution in [0, 0.1) is 5.92 Å². The van der Waals surface area contributed by atoms with Gasteiger partial charge >= 0.3 is 12.3 Å². The number of amides is 1. The second-order valence-corrected chi connectivity index (χ2v) is 8.19. The Morgan fingerprint density at radius 1 is 1.27 bits per heavy atom. The van der Waals surface area contributed by atoms with E-state index in [2.05, 4.69) is 20.9 Å². The first-order chi connectivity index (χ1) is 11.8. The van der Waals surface area contributed by atoms with Gasteiger partial charge in [0.25, 0.3) is 0 Å². The smallest absolute Gasteiger partial charge is 0.421 e. The molecule has 1 unspecified atom stereocenters. The molecule has 0 saturated carbocycles. The molecule has 1 aromatic heterocycles. The van der Waals surface area contributed by atoms with Crippen LogP contribution in [-0.4, -0.2) is 46.0 Å². The normalized spacial score (nSPS) is 19.2. The average Bonchev–Trinajstić information content (AvgIpc) is 2.52. The highest BCUT2D eigenvalue weighted by Gasteiger charge is 2.60. The Bertz CT molecular complexity index is 638. The largest absolute Gasteiger partial charge is 0.444 e. The summed E-state index contributed by atoms with van der Waals surface area (Å²) < 4.78 is 46.9. The minimum atomic E-state index is -4.86. The van der Waals surface area contributed by atoms with Gasteiger partial charge in [-0.25, -0.2) is 9.78 Å². The second kappa shape index (κ2) is 7.34. The van der Waals surface area contributed by atoms with E-state index in [0.717, 1.165) is 6.20 Å². The van der Waals surface area contributed by atoms with Crippen LogP contribution in [0.5, 0.6) is 0 Å². The molecule has 1 fully saturated rings. The van der Waals surface area contributed by atoms with Crippen molar-refractivity contribution in [2.75, 3.05) is 13.1 Å². The summed E-state index contributed by atoms with van der Waals surface area (Å²) in [5.41, 5.74) is -3.99. The molecule has 26 heavy (non-hydrogen) atoms. The predicted molar refractivity (Wildman–Crippen MR) is 92.4 cm³/mol. The molecule has 1 N–H and O–H groups in total. The molecular weight excluding hydrogens is 417 g/mol. The molecule has 9 heteroatoms. The van der Waals surface area contributed by atoms with Crippen LogP contribution in [0.25, 0.3) is 0 Å². The summed E-state index contributed by atoms with van der Waals surface area (Å²) in [6.07, 6.45) is -4.38. The maximum Gasteiger partial charge on any atom is 0.421 e. The molecule has 0 aliphatic carbocycles. The summed E-state index contributed by atoms with van der Waals surface area (Å²) in [6, 6.07) is 2.58. The van der Waals surface area contributed by atoms with Crippen molar-refractivity contribution in [1.29, 1.82) is 0 Å². The fourth-order valence-electron chi connectivity index (χ4n) is 3.04. The Kier molecular flexibility index (Phi) is 5.92. The standard InChI is InChI=1S/C17H22BrF3N2O3/c1-15(2,3)26-14(24)23-8-6-11(7-9-23)16(25,17(19,20)21)12-4-5-13(18)22-10-12/h4-5,10-11,25H,6-9H2,1-3H3. The molecule has 1 atom stereocenters. The molecule has 1 saturated heterocycles. The van der Waals surface area contributed by atoms with Gasteiger partial charge in [-0.15, -0.1) is 0 Å². The van der Waals surface area contributed by atoms with Crippen LogP contribution in [0.4, 0.5) is 18.0 Å². The van der Waals surface area contributed by atoms with Gasteiger partial charge in [-0.3, -0.25) is 0 Å². The summed E-state index contributed by atoms with van der Waals surface area (Å²) >= 11 is 3.07. The van der Waals surface area contributed by atoms with Crippen LogP contribution in [0.15, 0.2) is 22.9 Å². The Morgan fingerprint density at radius 2 is 1.85 bits per heavy atom. The summed E-state index contributed by atoms with van der Waals surface area (Å²) in [6.45, 7) is 5.34. The van der Waals surface area contributed by atoms with Crippen LogP contribution in [0.1, 0.15) is 39.2 Å². The Balaban J connectivity index is 2.18. The predicted octanol–water partition coefficient (Wildman–Crippen LogP) is 4.24. The summed E-state index contributed by atoms with van der Waals surface area (Å²) in [5, 5.41) is 10.6. The number of ether oxygens (including phenoxy) is 1. The number of hydrogen-bond acceptors (Lipinski definition) is 4. The molecule has 1 amide bonds. The van der Waals surface area contributed by atoms with Gasteiger partial charge in [-0.2, -0.15) is 13.2 Å². The van der Waals surface area contributed by atoms with E-state index in [9.17, 15) is 23.1 Å². The highest BCUT2D eigenvalue weighted by molar-refractivity contribution is 9.10. The van der Waals surface area contributed by atoms with Crippen molar-refractivity contribution in [2.45, 2.75) is 51.0 Å². The van der Waals surface area contributed by atoms with Crippen molar-refractivity contribution in [1.82, 2.24) is 9.88 Å². The lowest BCUT2D eigenvalue weighted by Crippen LogP contribution is -2.53. The Labute approximate surface area is 158 Å². The Hall–Kier alpha value is -1.35. The van der Waals surface area contributed by atoms with Gasteiger partial charge in [-0.1, -0.05) is 6.07 Å². The fraction of sp³-hybridized carbons (Fsp3) is 0.647. The van der Waals surface area contributed by atoms with E-state index in [1.165, 1.54) is 17.0 Å². The van der Waals surface area contributed by atoms with Gasteiger partial charge in [-0.05, 0) is 55.6 Å². The first-order valence-electron chi connectivity index (χ1n) is 8.23. The van der Waals surface area contributed by atoms with E-state index in [4.69, 9.17) is 4.74 Å². The van der Waals surface area contributed by atoms with Gasteiger partial charge in [0.2, 0.25) is 0 Å². The molecule has 0 bridgehead atoms. The third kappa shape index (κ3) is 4.49. The van der Waals surface area contributed by atoms with Crippen molar-refractivity contribution in [2.24, 2.45) is 5.92 Å². The molecule has 146 valence electrons. The number of halogens is 4. The maximum absolute atomic E-state index is 13.8.